The van der Waals surface area contributed by atoms with Crippen LogP contribution in [0.4, 0.5) is 0 Å². The minimum atomic E-state index is -0.823. The van der Waals surface area contributed by atoms with Gasteiger partial charge >= 0.3 is 0 Å². The first-order valence-corrected chi connectivity index (χ1v) is 4.86. The molecule has 1 aromatic rings. The molecule has 0 aliphatic rings. The molecule has 0 aromatic heterocycles. The zero-order chi connectivity index (χ0) is 12.1. The molecule has 16 heavy (non-hydrogen) atoms. The fraction of sp³-hybridized carbons (Fsp3) is 0.455. The number of methoxy groups -OCH3 is 3. The second-order valence-corrected chi connectivity index (χ2v) is 3.20. The summed E-state index contributed by atoms with van der Waals surface area (Å²) in [6.07, 6.45) is -0.823. The van der Waals surface area contributed by atoms with E-state index < -0.39 is 6.10 Å². The lowest BCUT2D eigenvalue weighted by atomic mass is 10.1. The second-order valence-electron chi connectivity index (χ2n) is 3.20. The minimum absolute atomic E-state index is 0.0963. The van der Waals surface area contributed by atoms with Crippen LogP contribution in [0.3, 0.4) is 0 Å². The Hall–Kier alpha value is -1.46. The zero-order valence-electron chi connectivity index (χ0n) is 9.69. The van der Waals surface area contributed by atoms with E-state index in [1.807, 2.05) is 0 Å². The van der Waals surface area contributed by atoms with Gasteiger partial charge in [-0.2, -0.15) is 0 Å². The molecule has 0 amide bonds. The number of aliphatic hydroxyl groups is 1. The number of hydrogen-bond donors (Lipinski definition) is 2. The molecule has 0 bridgehead atoms. The molecule has 0 aliphatic heterocycles. The quantitative estimate of drug-likeness (QED) is 0.774. The van der Waals surface area contributed by atoms with Crippen LogP contribution in [0.5, 0.6) is 17.2 Å². The number of rotatable bonds is 5. The monoisotopic (exact) mass is 227 g/mol. The van der Waals surface area contributed by atoms with Gasteiger partial charge in [-0.05, 0) is 0 Å². The molecule has 5 nitrogen and oxygen atoms in total. The van der Waals surface area contributed by atoms with Crippen molar-refractivity contribution >= 4 is 0 Å². The molecule has 0 unspecified atom stereocenters. The van der Waals surface area contributed by atoms with Crippen LogP contribution in [-0.2, 0) is 0 Å². The van der Waals surface area contributed by atoms with Gasteiger partial charge < -0.3 is 25.1 Å². The van der Waals surface area contributed by atoms with Gasteiger partial charge in [0.15, 0.2) is 0 Å². The normalized spacial score (nSPS) is 12.1. The van der Waals surface area contributed by atoms with E-state index in [0.29, 0.717) is 22.8 Å². The first-order chi connectivity index (χ1) is 7.67. The third-order valence-electron chi connectivity index (χ3n) is 2.31. The van der Waals surface area contributed by atoms with Crippen molar-refractivity contribution in [1.82, 2.24) is 0 Å². The largest absolute Gasteiger partial charge is 0.496 e. The number of aliphatic hydroxyl groups excluding tert-OH is 1. The van der Waals surface area contributed by atoms with Crippen LogP contribution in [-0.4, -0.2) is 33.0 Å². The van der Waals surface area contributed by atoms with E-state index in [1.54, 1.807) is 19.2 Å². The van der Waals surface area contributed by atoms with Gasteiger partial charge in [-0.25, -0.2) is 0 Å². The van der Waals surface area contributed by atoms with Crippen LogP contribution in [0, 0.1) is 0 Å². The number of nitrogens with two attached hydrogens (primary N) is 1. The highest BCUT2D eigenvalue weighted by atomic mass is 16.5. The summed E-state index contributed by atoms with van der Waals surface area (Å²) in [4.78, 5) is 0. The van der Waals surface area contributed by atoms with Crippen molar-refractivity contribution in [2.45, 2.75) is 6.10 Å². The zero-order valence-corrected chi connectivity index (χ0v) is 9.69. The van der Waals surface area contributed by atoms with Crippen LogP contribution in [0.1, 0.15) is 11.7 Å². The summed E-state index contributed by atoms with van der Waals surface area (Å²) < 4.78 is 15.5. The summed E-state index contributed by atoms with van der Waals surface area (Å²) in [5.41, 5.74) is 5.96. The molecule has 3 N–H and O–H groups in total. The van der Waals surface area contributed by atoms with Gasteiger partial charge in [0.2, 0.25) is 0 Å². The summed E-state index contributed by atoms with van der Waals surface area (Å²) in [5.74, 6) is 1.59. The van der Waals surface area contributed by atoms with Crippen molar-refractivity contribution in [3.8, 4) is 17.2 Å². The van der Waals surface area contributed by atoms with Crippen molar-refractivity contribution in [2.75, 3.05) is 27.9 Å². The Morgan fingerprint density at radius 3 is 1.94 bits per heavy atom. The maximum absolute atomic E-state index is 9.79. The predicted molar refractivity (Wildman–Crippen MR) is 60.1 cm³/mol. The molecule has 1 aromatic carbocycles. The molecule has 0 aliphatic carbocycles. The van der Waals surface area contributed by atoms with Gasteiger partial charge in [0.05, 0.1) is 33.0 Å². The molecule has 0 spiro atoms. The molecule has 0 saturated carbocycles. The van der Waals surface area contributed by atoms with Crippen LogP contribution in [0.15, 0.2) is 12.1 Å². The summed E-state index contributed by atoms with van der Waals surface area (Å²) in [5, 5.41) is 9.79. The Balaban J connectivity index is 3.31. The molecule has 1 atom stereocenters. The lowest BCUT2D eigenvalue weighted by molar-refractivity contribution is 0.177. The lowest BCUT2D eigenvalue weighted by Crippen LogP contribution is -2.13. The first-order valence-electron chi connectivity index (χ1n) is 4.86. The van der Waals surface area contributed by atoms with Crippen molar-refractivity contribution in [1.29, 1.82) is 0 Å². The molecule has 0 fully saturated rings. The fourth-order valence-electron chi connectivity index (χ4n) is 1.48. The summed E-state index contributed by atoms with van der Waals surface area (Å²) in [7, 11) is 4.58. The third-order valence-corrected chi connectivity index (χ3v) is 2.31. The lowest BCUT2D eigenvalue weighted by Gasteiger charge is -2.18. The average molecular weight is 227 g/mol. The molecule has 0 saturated heterocycles. The smallest absolute Gasteiger partial charge is 0.132 e. The third kappa shape index (κ3) is 2.37. The van der Waals surface area contributed by atoms with Crippen LogP contribution < -0.4 is 19.9 Å². The van der Waals surface area contributed by atoms with Crippen molar-refractivity contribution in [3.05, 3.63) is 17.7 Å². The number of ether oxygens (including phenoxy) is 3. The number of hydrogen-bond acceptors (Lipinski definition) is 5. The van der Waals surface area contributed by atoms with Crippen LogP contribution in [0.25, 0.3) is 0 Å². The fourth-order valence-corrected chi connectivity index (χ4v) is 1.48. The van der Waals surface area contributed by atoms with Gasteiger partial charge in [-0.1, -0.05) is 0 Å². The van der Waals surface area contributed by atoms with Gasteiger partial charge in [-0.15, -0.1) is 0 Å². The molecular weight excluding hydrogens is 210 g/mol. The average Bonchev–Trinajstić information content (AvgIpc) is 2.35. The molecule has 1 rings (SSSR count). The Morgan fingerprint density at radius 1 is 1.12 bits per heavy atom. The second kappa shape index (κ2) is 5.58. The minimum Gasteiger partial charge on any atom is -0.496 e. The predicted octanol–water partition coefficient (Wildman–Crippen LogP) is 0.704. The van der Waals surface area contributed by atoms with E-state index in [1.165, 1.54) is 14.2 Å². The van der Waals surface area contributed by atoms with Gasteiger partial charge in [-0.3, -0.25) is 0 Å². The van der Waals surface area contributed by atoms with E-state index in [0.717, 1.165) is 0 Å². The molecule has 0 radical (unpaired) electrons. The van der Waals surface area contributed by atoms with Gasteiger partial charge in [0, 0.05) is 18.7 Å². The highest BCUT2D eigenvalue weighted by molar-refractivity contribution is 5.51. The SMILES string of the molecule is COc1cc(OC)c([C@@H](O)CN)c(OC)c1. The van der Waals surface area contributed by atoms with E-state index in [-0.39, 0.29) is 6.54 Å². The Kier molecular flexibility index (Phi) is 4.39. The Labute approximate surface area is 94.7 Å². The highest BCUT2D eigenvalue weighted by Crippen LogP contribution is 2.37. The van der Waals surface area contributed by atoms with Gasteiger partial charge in [0.25, 0.3) is 0 Å². The van der Waals surface area contributed by atoms with E-state index in [2.05, 4.69) is 0 Å². The maximum Gasteiger partial charge on any atom is 0.132 e. The van der Waals surface area contributed by atoms with E-state index in [9.17, 15) is 5.11 Å². The van der Waals surface area contributed by atoms with Crippen molar-refractivity contribution < 1.29 is 19.3 Å². The highest BCUT2D eigenvalue weighted by Gasteiger charge is 2.19. The van der Waals surface area contributed by atoms with Crippen LogP contribution >= 0.6 is 0 Å². The molecule has 0 heterocycles. The number of benzene rings is 1. The maximum atomic E-state index is 9.79. The first kappa shape index (κ1) is 12.6. The summed E-state index contributed by atoms with van der Waals surface area (Å²) in [6.45, 7) is 0.0963. The molecule has 5 heteroatoms. The van der Waals surface area contributed by atoms with Crippen LogP contribution in [0.2, 0.25) is 0 Å². The van der Waals surface area contributed by atoms with E-state index >= 15 is 0 Å². The Bertz CT molecular complexity index is 329. The van der Waals surface area contributed by atoms with Crippen molar-refractivity contribution in [3.63, 3.8) is 0 Å². The topological polar surface area (TPSA) is 73.9 Å². The van der Waals surface area contributed by atoms with E-state index in [4.69, 9.17) is 19.9 Å². The summed E-state index contributed by atoms with van der Waals surface area (Å²) in [6, 6.07) is 3.35. The Morgan fingerprint density at radius 2 is 1.62 bits per heavy atom. The standard InChI is InChI=1S/C11H17NO4/c1-14-7-4-9(15-2)11(8(13)6-12)10(5-7)16-3/h4-5,8,13H,6,12H2,1-3H3/t8-/m0/s1. The van der Waals surface area contributed by atoms with Crippen molar-refractivity contribution in [2.24, 2.45) is 5.73 Å². The van der Waals surface area contributed by atoms with Gasteiger partial charge in [0.1, 0.15) is 17.2 Å². The molecule has 90 valence electrons. The molecular formula is C11H17NO4. The summed E-state index contributed by atoms with van der Waals surface area (Å²) >= 11 is 0.